The van der Waals surface area contributed by atoms with Crippen molar-refractivity contribution in [2.45, 2.75) is 19.9 Å². The molecule has 0 radical (unpaired) electrons. The molecule has 0 aromatic heterocycles. The third-order valence-corrected chi connectivity index (χ3v) is 6.24. The van der Waals surface area contributed by atoms with Gasteiger partial charge in [0.2, 0.25) is 6.79 Å². The summed E-state index contributed by atoms with van der Waals surface area (Å²) in [6, 6.07) is 14.1. The van der Waals surface area contributed by atoms with E-state index in [-0.39, 0.29) is 17.9 Å². The highest BCUT2D eigenvalue weighted by Gasteiger charge is 2.43. The highest BCUT2D eigenvalue weighted by molar-refractivity contribution is 5.94. The summed E-state index contributed by atoms with van der Waals surface area (Å²) in [5.74, 6) is 1.70. The van der Waals surface area contributed by atoms with Crippen molar-refractivity contribution in [3.05, 3.63) is 53.6 Å². The second kappa shape index (κ2) is 7.35. The molecule has 1 amide bonds. The number of para-hydroxylation sites is 1. The SMILES string of the molecule is Cc1cc2c(cc1CN1CCC3(COCC(=O)N(c4ccccc4)C3)C1)OCO2. The number of hydrogen-bond donors (Lipinski definition) is 0. The van der Waals surface area contributed by atoms with Gasteiger partial charge in [-0.25, -0.2) is 0 Å². The minimum atomic E-state index is -0.0355. The first-order valence-corrected chi connectivity index (χ1v) is 10.2. The smallest absolute Gasteiger partial charge is 0.252 e. The van der Waals surface area contributed by atoms with Gasteiger partial charge in [-0.3, -0.25) is 9.69 Å². The third kappa shape index (κ3) is 3.58. The summed E-state index contributed by atoms with van der Waals surface area (Å²) in [5.41, 5.74) is 3.39. The van der Waals surface area contributed by atoms with Gasteiger partial charge in [-0.15, -0.1) is 0 Å². The van der Waals surface area contributed by atoms with Crippen LogP contribution >= 0.6 is 0 Å². The van der Waals surface area contributed by atoms with Gasteiger partial charge in [-0.2, -0.15) is 0 Å². The van der Waals surface area contributed by atoms with Crippen molar-refractivity contribution in [2.75, 3.05) is 44.5 Å². The van der Waals surface area contributed by atoms with Crippen molar-refractivity contribution >= 4 is 11.6 Å². The summed E-state index contributed by atoms with van der Waals surface area (Å²) in [4.78, 5) is 17.0. The lowest BCUT2D eigenvalue weighted by Crippen LogP contribution is -2.42. The van der Waals surface area contributed by atoms with Gasteiger partial charge in [0.15, 0.2) is 11.5 Å². The van der Waals surface area contributed by atoms with Crippen LogP contribution in [0.3, 0.4) is 0 Å². The van der Waals surface area contributed by atoms with Crippen LogP contribution in [0.15, 0.2) is 42.5 Å². The van der Waals surface area contributed by atoms with Gasteiger partial charge >= 0.3 is 0 Å². The lowest BCUT2D eigenvalue weighted by molar-refractivity contribution is -0.122. The van der Waals surface area contributed by atoms with E-state index in [9.17, 15) is 4.79 Å². The Morgan fingerprint density at radius 3 is 2.69 bits per heavy atom. The van der Waals surface area contributed by atoms with E-state index in [1.807, 2.05) is 35.2 Å². The summed E-state index contributed by atoms with van der Waals surface area (Å²) >= 11 is 0. The number of hydrogen-bond acceptors (Lipinski definition) is 5. The maximum Gasteiger partial charge on any atom is 0.252 e. The molecule has 6 nitrogen and oxygen atoms in total. The highest BCUT2D eigenvalue weighted by Crippen LogP contribution is 2.38. The fourth-order valence-corrected chi connectivity index (χ4v) is 4.65. The lowest BCUT2D eigenvalue weighted by atomic mass is 9.87. The number of ether oxygens (including phenoxy) is 3. The number of amides is 1. The van der Waals surface area contributed by atoms with E-state index in [1.165, 1.54) is 11.1 Å². The largest absolute Gasteiger partial charge is 0.454 e. The fraction of sp³-hybridized carbons (Fsp3) is 0.435. The van der Waals surface area contributed by atoms with Crippen LogP contribution in [0.5, 0.6) is 11.5 Å². The average molecular weight is 394 g/mol. The summed E-state index contributed by atoms with van der Waals surface area (Å²) in [5, 5.41) is 0. The van der Waals surface area contributed by atoms with Gasteiger partial charge in [0, 0.05) is 30.7 Å². The maximum atomic E-state index is 12.6. The average Bonchev–Trinajstić information content (AvgIpc) is 3.29. The van der Waals surface area contributed by atoms with Crippen molar-refractivity contribution < 1.29 is 19.0 Å². The van der Waals surface area contributed by atoms with E-state index in [0.29, 0.717) is 19.9 Å². The van der Waals surface area contributed by atoms with Crippen LogP contribution in [0.4, 0.5) is 5.69 Å². The number of likely N-dealkylation sites (tertiary alicyclic amines) is 1. The zero-order chi connectivity index (χ0) is 19.8. The standard InChI is InChI=1S/C23H26N2O4/c1-17-9-20-21(29-16-28-20)10-18(17)11-24-8-7-23(13-24)14-25(22(26)12-27-15-23)19-5-3-2-4-6-19/h2-6,9-10H,7-8,11-16H2,1H3. The molecule has 0 bridgehead atoms. The Hall–Kier alpha value is -2.57. The molecule has 3 heterocycles. The zero-order valence-electron chi connectivity index (χ0n) is 16.7. The van der Waals surface area contributed by atoms with Crippen LogP contribution in [0.2, 0.25) is 0 Å². The van der Waals surface area contributed by atoms with E-state index >= 15 is 0 Å². The minimum absolute atomic E-state index is 0.0355. The van der Waals surface area contributed by atoms with Crippen LogP contribution < -0.4 is 14.4 Å². The van der Waals surface area contributed by atoms with E-state index in [4.69, 9.17) is 14.2 Å². The number of rotatable bonds is 3. The highest BCUT2D eigenvalue weighted by atomic mass is 16.7. The third-order valence-electron chi connectivity index (χ3n) is 6.24. The van der Waals surface area contributed by atoms with Crippen LogP contribution in [0, 0.1) is 12.3 Å². The normalized spacial score (nSPS) is 24.3. The molecule has 3 aliphatic rings. The van der Waals surface area contributed by atoms with E-state index in [0.717, 1.165) is 43.2 Å². The first-order chi connectivity index (χ1) is 14.1. The van der Waals surface area contributed by atoms with Gasteiger partial charge in [-0.05, 0) is 55.3 Å². The molecule has 1 atom stereocenters. The molecular weight excluding hydrogens is 368 g/mol. The number of anilines is 1. The molecule has 0 aliphatic carbocycles. The summed E-state index contributed by atoms with van der Waals surface area (Å²) in [7, 11) is 0. The molecule has 2 aromatic rings. The Kier molecular flexibility index (Phi) is 4.68. The Morgan fingerprint density at radius 2 is 1.86 bits per heavy atom. The molecule has 0 N–H and O–H groups in total. The van der Waals surface area contributed by atoms with Gasteiger partial charge < -0.3 is 19.1 Å². The van der Waals surface area contributed by atoms with Crippen molar-refractivity contribution in [1.82, 2.24) is 4.90 Å². The molecule has 152 valence electrons. The minimum Gasteiger partial charge on any atom is -0.454 e. The van der Waals surface area contributed by atoms with Crippen LogP contribution in [-0.4, -0.2) is 50.4 Å². The number of fused-ring (bicyclic) bond motifs is 1. The van der Waals surface area contributed by atoms with Gasteiger partial charge in [-0.1, -0.05) is 18.2 Å². The molecule has 2 saturated heterocycles. The number of aryl methyl sites for hydroxylation is 1. The Morgan fingerprint density at radius 1 is 1.07 bits per heavy atom. The molecule has 1 spiro atoms. The summed E-state index contributed by atoms with van der Waals surface area (Å²) in [6.07, 6.45) is 1.02. The van der Waals surface area contributed by atoms with Crippen molar-refractivity contribution in [3.63, 3.8) is 0 Å². The van der Waals surface area contributed by atoms with Crippen LogP contribution in [0.1, 0.15) is 17.5 Å². The van der Waals surface area contributed by atoms with Crippen LogP contribution in [0.25, 0.3) is 0 Å². The Bertz CT molecular complexity index is 917. The summed E-state index contributed by atoms with van der Waals surface area (Å²) < 4.78 is 16.9. The molecule has 2 aromatic carbocycles. The Balaban J connectivity index is 1.33. The van der Waals surface area contributed by atoms with Crippen molar-refractivity contribution in [2.24, 2.45) is 5.41 Å². The first kappa shape index (κ1) is 18.5. The molecule has 5 rings (SSSR count). The quantitative estimate of drug-likeness (QED) is 0.801. The van der Waals surface area contributed by atoms with E-state index < -0.39 is 0 Å². The van der Waals surface area contributed by atoms with E-state index in [1.54, 1.807) is 0 Å². The number of benzene rings is 2. The molecule has 0 saturated carbocycles. The molecule has 6 heteroatoms. The maximum absolute atomic E-state index is 12.6. The monoisotopic (exact) mass is 394 g/mol. The number of nitrogens with zero attached hydrogens (tertiary/aromatic N) is 2. The van der Waals surface area contributed by atoms with E-state index in [2.05, 4.69) is 24.0 Å². The van der Waals surface area contributed by atoms with Crippen molar-refractivity contribution in [1.29, 1.82) is 0 Å². The number of carbonyl (C=O) groups is 1. The summed E-state index contributed by atoms with van der Waals surface area (Å²) in [6.45, 7) is 6.66. The second-order valence-electron chi connectivity index (χ2n) is 8.40. The molecule has 2 fully saturated rings. The molecule has 3 aliphatic heterocycles. The molecule has 1 unspecified atom stereocenters. The predicted molar refractivity (Wildman–Crippen MR) is 109 cm³/mol. The molecule has 29 heavy (non-hydrogen) atoms. The zero-order valence-corrected chi connectivity index (χ0v) is 16.7. The predicted octanol–water partition coefficient (Wildman–Crippen LogP) is 2.98. The lowest BCUT2D eigenvalue weighted by Gasteiger charge is -2.32. The molecular formula is C23H26N2O4. The van der Waals surface area contributed by atoms with Crippen molar-refractivity contribution in [3.8, 4) is 11.5 Å². The first-order valence-electron chi connectivity index (χ1n) is 10.2. The number of carbonyl (C=O) groups excluding carboxylic acids is 1. The second-order valence-corrected chi connectivity index (χ2v) is 8.40. The van der Waals surface area contributed by atoms with Gasteiger partial charge in [0.1, 0.15) is 6.61 Å². The van der Waals surface area contributed by atoms with Gasteiger partial charge in [0.25, 0.3) is 5.91 Å². The van der Waals surface area contributed by atoms with Crippen LogP contribution in [-0.2, 0) is 16.1 Å². The topological polar surface area (TPSA) is 51.2 Å². The van der Waals surface area contributed by atoms with Gasteiger partial charge in [0.05, 0.1) is 6.61 Å². The Labute approximate surface area is 171 Å². The fourth-order valence-electron chi connectivity index (χ4n) is 4.65.